The highest BCUT2D eigenvalue weighted by Gasteiger charge is 2.59. The second-order valence-corrected chi connectivity index (χ2v) is 7.37. The van der Waals surface area contributed by atoms with Gasteiger partial charge in [-0.3, -0.25) is 0 Å². The predicted octanol–water partition coefficient (Wildman–Crippen LogP) is 2.28. The predicted molar refractivity (Wildman–Crippen MR) is 112 cm³/mol. The Morgan fingerprint density at radius 3 is 2.28 bits per heavy atom. The Bertz CT molecular complexity index is 947. The number of rotatable bonds is 9. The summed E-state index contributed by atoms with van der Waals surface area (Å²) in [4.78, 5) is 24.3. The van der Waals surface area contributed by atoms with E-state index >= 15 is 0 Å². The van der Waals surface area contributed by atoms with Crippen LogP contribution in [0.3, 0.4) is 0 Å². The summed E-state index contributed by atoms with van der Waals surface area (Å²) in [6.07, 6.45) is 0.591. The van der Waals surface area contributed by atoms with Crippen LogP contribution in [-0.2, 0) is 25.5 Å². The zero-order chi connectivity index (χ0) is 23.3. The van der Waals surface area contributed by atoms with E-state index in [2.05, 4.69) is 14.8 Å². The summed E-state index contributed by atoms with van der Waals surface area (Å²) in [6.45, 7) is 2.30. The van der Waals surface area contributed by atoms with Crippen LogP contribution in [-0.4, -0.2) is 49.6 Å². The SMILES string of the molecule is CCC(Cc1ccc2c(c1)OC(C(=O)OC)(C(=O)OC)O2)NCC(O)c1ccc(F)cc1. The Hall–Kier alpha value is -3.17. The molecule has 0 fully saturated rings. The first-order valence-corrected chi connectivity index (χ1v) is 10.2. The Labute approximate surface area is 185 Å². The average Bonchev–Trinajstić information content (AvgIpc) is 3.20. The van der Waals surface area contributed by atoms with Gasteiger partial charge in [0, 0.05) is 12.6 Å². The van der Waals surface area contributed by atoms with E-state index in [1.807, 2.05) is 6.92 Å². The summed E-state index contributed by atoms with van der Waals surface area (Å²) in [5, 5.41) is 13.7. The lowest BCUT2D eigenvalue weighted by Gasteiger charge is -2.21. The van der Waals surface area contributed by atoms with E-state index < -0.39 is 23.8 Å². The third-order valence-corrected chi connectivity index (χ3v) is 5.25. The molecule has 0 bridgehead atoms. The molecular weight excluding hydrogens is 421 g/mol. The smallest absolute Gasteiger partial charge is 0.453 e. The van der Waals surface area contributed by atoms with E-state index in [1.54, 1.807) is 30.3 Å². The second-order valence-electron chi connectivity index (χ2n) is 7.37. The fraction of sp³-hybridized carbons (Fsp3) is 0.391. The van der Waals surface area contributed by atoms with Crippen molar-refractivity contribution in [2.75, 3.05) is 20.8 Å². The zero-order valence-corrected chi connectivity index (χ0v) is 18.1. The first kappa shape index (κ1) is 23.5. The Kier molecular flexibility index (Phi) is 7.32. The van der Waals surface area contributed by atoms with Crippen molar-refractivity contribution in [2.45, 2.75) is 37.7 Å². The van der Waals surface area contributed by atoms with Gasteiger partial charge in [0.25, 0.3) is 0 Å². The van der Waals surface area contributed by atoms with Gasteiger partial charge in [-0.2, -0.15) is 0 Å². The fourth-order valence-electron chi connectivity index (χ4n) is 3.42. The molecule has 1 aliphatic rings. The maximum atomic E-state index is 13.1. The number of methoxy groups -OCH3 is 2. The molecule has 172 valence electrons. The Balaban J connectivity index is 1.66. The molecule has 1 heterocycles. The zero-order valence-electron chi connectivity index (χ0n) is 18.1. The highest BCUT2D eigenvalue weighted by atomic mass is 19.1. The van der Waals surface area contributed by atoms with E-state index in [9.17, 15) is 19.1 Å². The van der Waals surface area contributed by atoms with Crippen molar-refractivity contribution in [3.8, 4) is 11.5 Å². The molecule has 9 heteroatoms. The lowest BCUT2D eigenvalue weighted by atomic mass is 10.0. The quantitative estimate of drug-likeness (QED) is 0.446. The van der Waals surface area contributed by atoms with Crippen LogP contribution in [0.2, 0.25) is 0 Å². The number of carbonyl (C=O) groups is 2. The van der Waals surface area contributed by atoms with Crippen molar-refractivity contribution in [3.05, 3.63) is 59.4 Å². The number of hydrogen-bond donors (Lipinski definition) is 2. The van der Waals surface area contributed by atoms with Crippen LogP contribution in [0.4, 0.5) is 4.39 Å². The van der Waals surface area contributed by atoms with Crippen LogP contribution in [0.1, 0.15) is 30.6 Å². The molecule has 0 saturated carbocycles. The molecule has 0 aliphatic carbocycles. The van der Waals surface area contributed by atoms with E-state index in [0.717, 1.165) is 26.2 Å². The maximum absolute atomic E-state index is 13.1. The summed E-state index contributed by atoms with van der Waals surface area (Å²) in [5.74, 6) is -4.29. The van der Waals surface area contributed by atoms with Gasteiger partial charge >= 0.3 is 17.7 Å². The number of hydrogen-bond acceptors (Lipinski definition) is 8. The van der Waals surface area contributed by atoms with Crippen molar-refractivity contribution >= 4 is 11.9 Å². The summed E-state index contributed by atoms with van der Waals surface area (Å²) < 4.78 is 33.4. The van der Waals surface area contributed by atoms with Gasteiger partial charge in [0.15, 0.2) is 11.5 Å². The van der Waals surface area contributed by atoms with Gasteiger partial charge in [-0.15, -0.1) is 0 Å². The monoisotopic (exact) mass is 447 g/mol. The molecule has 3 rings (SSSR count). The van der Waals surface area contributed by atoms with Crippen LogP contribution in [0, 0.1) is 5.82 Å². The van der Waals surface area contributed by atoms with Crippen molar-refractivity contribution < 1.29 is 38.0 Å². The summed E-state index contributed by atoms with van der Waals surface area (Å²) in [7, 11) is 2.23. The highest BCUT2D eigenvalue weighted by Crippen LogP contribution is 2.41. The van der Waals surface area contributed by atoms with E-state index in [4.69, 9.17) is 9.47 Å². The number of halogens is 1. The van der Waals surface area contributed by atoms with E-state index in [1.165, 1.54) is 12.1 Å². The van der Waals surface area contributed by atoms with Gasteiger partial charge in [0.2, 0.25) is 0 Å². The summed E-state index contributed by atoms with van der Waals surface area (Å²) in [6, 6.07) is 10.8. The molecule has 8 nitrogen and oxygen atoms in total. The summed E-state index contributed by atoms with van der Waals surface area (Å²) in [5.41, 5.74) is 1.49. The van der Waals surface area contributed by atoms with Crippen molar-refractivity contribution in [1.82, 2.24) is 5.32 Å². The van der Waals surface area contributed by atoms with Crippen LogP contribution < -0.4 is 14.8 Å². The van der Waals surface area contributed by atoms with Crippen LogP contribution in [0.25, 0.3) is 0 Å². The molecule has 1 aliphatic heterocycles. The molecule has 2 N–H and O–H groups in total. The lowest BCUT2D eigenvalue weighted by Crippen LogP contribution is -2.55. The van der Waals surface area contributed by atoms with Crippen LogP contribution >= 0.6 is 0 Å². The number of fused-ring (bicyclic) bond motifs is 1. The van der Waals surface area contributed by atoms with Crippen molar-refractivity contribution in [1.29, 1.82) is 0 Å². The fourth-order valence-corrected chi connectivity index (χ4v) is 3.42. The highest BCUT2D eigenvalue weighted by molar-refractivity contribution is 6.03. The molecule has 2 aromatic carbocycles. The first-order valence-electron chi connectivity index (χ1n) is 10.2. The first-order chi connectivity index (χ1) is 15.3. The molecule has 2 aromatic rings. The largest absolute Gasteiger partial charge is 0.463 e. The molecule has 0 spiro atoms. The number of carbonyl (C=O) groups excluding carboxylic acids is 2. The molecule has 0 amide bonds. The molecule has 2 unspecified atom stereocenters. The number of esters is 2. The maximum Gasteiger partial charge on any atom is 0.453 e. The number of aliphatic hydroxyl groups is 1. The molecule has 0 saturated heterocycles. The molecule has 0 aromatic heterocycles. The van der Waals surface area contributed by atoms with Gasteiger partial charge in [0.05, 0.1) is 20.3 Å². The minimum atomic E-state index is -2.33. The molecule has 0 radical (unpaired) electrons. The van der Waals surface area contributed by atoms with E-state index in [-0.39, 0.29) is 23.4 Å². The van der Waals surface area contributed by atoms with Gasteiger partial charge in [-0.05, 0) is 48.2 Å². The molecule has 32 heavy (non-hydrogen) atoms. The van der Waals surface area contributed by atoms with Crippen LogP contribution in [0.15, 0.2) is 42.5 Å². The summed E-state index contributed by atoms with van der Waals surface area (Å²) >= 11 is 0. The second kappa shape index (κ2) is 9.97. The van der Waals surface area contributed by atoms with Crippen molar-refractivity contribution in [2.24, 2.45) is 0 Å². The topological polar surface area (TPSA) is 103 Å². The standard InChI is InChI=1S/C23H26FNO7/c1-4-17(25-13-18(26)15-6-8-16(24)9-7-15)11-14-5-10-19-20(12-14)32-23(31-19,21(27)29-2)22(28)30-3/h5-10,12,17-18,25-26H,4,11,13H2,1-3H3. The van der Waals surface area contributed by atoms with Gasteiger partial charge < -0.3 is 29.4 Å². The minimum absolute atomic E-state index is 0.0245. The molecular formula is C23H26FNO7. The Morgan fingerprint density at radius 1 is 1.06 bits per heavy atom. The van der Waals surface area contributed by atoms with Crippen LogP contribution in [0.5, 0.6) is 11.5 Å². The number of benzene rings is 2. The van der Waals surface area contributed by atoms with Gasteiger partial charge in [-0.1, -0.05) is 25.1 Å². The number of nitrogens with one attached hydrogen (secondary N) is 1. The number of aliphatic hydroxyl groups excluding tert-OH is 1. The Morgan fingerprint density at radius 2 is 1.69 bits per heavy atom. The van der Waals surface area contributed by atoms with E-state index in [0.29, 0.717) is 18.5 Å². The van der Waals surface area contributed by atoms with Gasteiger partial charge in [-0.25, -0.2) is 14.0 Å². The normalized spacial score (nSPS) is 15.7. The van der Waals surface area contributed by atoms with Crippen molar-refractivity contribution in [3.63, 3.8) is 0 Å². The molecule has 2 atom stereocenters. The average molecular weight is 447 g/mol. The lowest BCUT2D eigenvalue weighted by molar-refractivity contribution is -0.199. The minimum Gasteiger partial charge on any atom is -0.463 e. The third kappa shape index (κ3) is 4.84. The third-order valence-electron chi connectivity index (χ3n) is 5.25. The number of ether oxygens (including phenoxy) is 4. The van der Waals surface area contributed by atoms with Gasteiger partial charge in [0.1, 0.15) is 5.82 Å².